The Kier molecular flexibility index (Phi) is 8.82. The fraction of sp³-hybridized carbons (Fsp3) is 0.688. The third-order valence-corrected chi connectivity index (χ3v) is 9.38. The Hall–Kier alpha value is -1.68. The Bertz CT molecular complexity index is 905. The molecule has 36 heavy (non-hydrogen) atoms. The van der Waals surface area contributed by atoms with Gasteiger partial charge < -0.3 is 9.47 Å². The van der Waals surface area contributed by atoms with E-state index >= 15 is 0 Å². The van der Waals surface area contributed by atoms with Crippen LogP contribution in [0.15, 0.2) is 36.4 Å². The van der Waals surface area contributed by atoms with Crippen molar-refractivity contribution in [1.82, 2.24) is 0 Å². The van der Waals surface area contributed by atoms with Crippen molar-refractivity contribution < 1.29 is 18.3 Å². The molecule has 0 N–H and O–H groups in total. The molecule has 1 aliphatic heterocycles. The molecule has 0 aromatic heterocycles. The zero-order valence-corrected chi connectivity index (χ0v) is 22.0. The molecule has 0 amide bonds. The monoisotopic (exact) mass is 498 g/mol. The van der Waals surface area contributed by atoms with Gasteiger partial charge in [0.15, 0.2) is 11.6 Å². The summed E-state index contributed by atoms with van der Waals surface area (Å²) in [7, 11) is 0. The number of hydrogen-bond acceptors (Lipinski definition) is 2. The van der Waals surface area contributed by atoms with E-state index in [1.807, 2.05) is 0 Å². The third-order valence-electron chi connectivity index (χ3n) is 9.38. The lowest BCUT2D eigenvalue weighted by Gasteiger charge is -2.34. The van der Waals surface area contributed by atoms with Crippen LogP contribution in [0.1, 0.15) is 95.6 Å². The maximum absolute atomic E-state index is 14.4. The van der Waals surface area contributed by atoms with Crippen LogP contribution in [0.3, 0.4) is 0 Å². The van der Waals surface area contributed by atoms with Gasteiger partial charge in [-0.3, -0.25) is 0 Å². The van der Waals surface area contributed by atoms with Gasteiger partial charge in [-0.2, -0.15) is 4.39 Å². The van der Waals surface area contributed by atoms with Crippen molar-refractivity contribution in [3.8, 4) is 5.75 Å². The Morgan fingerprint density at radius 2 is 1.56 bits per heavy atom. The van der Waals surface area contributed by atoms with Crippen LogP contribution in [-0.4, -0.2) is 13.2 Å². The number of allylic oxidation sites excluding steroid dienone is 3. The van der Waals surface area contributed by atoms with Crippen molar-refractivity contribution in [3.63, 3.8) is 0 Å². The van der Waals surface area contributed by atoms with E-state index in [4.69, 9.17) is 9.47 Å². The van der Waals surface area contributed by atoms with Crippen LogP contribution in [0.5, 0.6) is 5.75 Å². The SMILES string of the molecule is CCCC1CCC(/C=C/C2CCC(C3C=CC(COc4ccc(C5CO5)c(F)c4F)CC3)CC2)CC1. The first-order valence-electron chi connectivity index (χ1n) is 14.7. The summed E-state index contributed by atoms with van der Waals surface area (Å²) < 4.78 is 39.4. The summed E-state index contributed by atoms with van der Waals surface area (Å²) in [6, 6.07) is 3.12. The molecule has 4 aliphatic rings. The zero-order valence-electron chi connectivity index (χ0n) is 22.0. The predicted molar refractivity (Wildman–Crippen MR) is 141 cm³/mol. The van der Waals surface area contributed by atoms with Gasteiger partial charge in [-0.1, -0.05) is 44.1 Å². The Balaban J connectivity index is 1.02. The first-order valence-corrected chi connectivity index (χ1v) is 14.7. The third kappa shape index (κ3) is 6.60. The summed E-state index contributed by atoms with van der Waals surface area (Å²) in [5.74, 6) is 2.59. The predicted octanol–water partition coefficient (Wildman–Crippen LogP) is 8.97. The lowest BCUT2D eigenvalue weighted by molar-refractivity contribution is 0.206. The minimum atomic E-state index is -0.893. The first-order chi connectivity index (χ1) is 17.6. The molecule has 198 valence electrons. The van der Waals surface area contributed by atoms with Crippen LogP contribution in [0, 0.1) is 47.1 Å². The van der Waals surface area contributed by atoms with Crippen molar-refractivity contribution in [2.24, 2.45) is 35.5 Å². The lowest BCUT2D eigenvalue weighted by Crippen LogP contribution is -2.24. The molecule has 1 saturated heterocycles. The number of epoxide rings is 1. The Morgan fingerprint density at radius 3 is 2.17 bits per heavy atom. The van der Waals surface area contributed by atoms with E-state index in [9.17, 15) is 8.78 Å². The van der Waals surface area contributed by atoms with E-state index < -0.39 is 11.6 Å². The average Bonchev–Trinajstić information content (AvgIpc) is 3.75. The van der Waals surface area contributed by atoms with Gasteiger partial charge in [0, 0.05) is 11.5 Å². The van der Waals surface area contributed by atoms with E-state index in [0.717, 1.165) is 30.1 Å². The summed E-state index contributed by atoms with van der Waals surface area (Å²) in [6.45, 7) is 3.18. The highest BCUT2D eigenvalue weighted by atomic mass is 19.2. The van der Waals surface area contributed by atoms with Gasteiger partial charge in [-0.25, -0.2) is 4.39 Å². The number of hydrogen-bond donors (Lipinski definition) is 0. The molecular weight excluding hydrogens is 454 g/mol. The first kappa shape index (κ1) is 25.9. The molecular formula is C32H44F2O2. The average molecular weight is 499 g/mol. The fourth-order valence-corrected chi connectivity index (χ4v) is 6.92. The Labute approximate surface area is 216 Å². The van der Waals surface area contributed by atoms with Crippen LogP contribution >= 0.6 is 0 Å². The zero-order chi connectivity index (χ0) is 24.9. The topological polar surface area (TPSA) is 21.8 Å². The molecule has 2 nitrogen and oxygen atoms in total. The highest BCUT2D eigenvalue weighted by molar-refractivity contribution is 5.33. The summed E-state index contributed by atoms with van der Waals surface area (Å²) >= 11 is 0. The number of rotatable bonds is 9. The highest BCUT2D eigenvalue weighted by Crippen LogP contribution is 2.40. The van der Waals surface area contributed by atoms with Crippen molar-refractivity contribution in [2.45, 2.75) is 90.1 Å². The largest absolute Gasteiger partial charge is 0.490 e. The van der Waals surface area contributed by atoms with Gasteiger partial charge in [0.2, 0.25) is 5.82 Å². The second-order valence-electron chi connectivity index (χ2n) is 11.9. The molecule has 5 rings (SSSR count). The van der Waals surface area contributed by atoms with E-state index in [-0.39, 0.29) is 17.8 Å². The van der Waals surface area contributed by atoms with E-state index in [1.165, 1.54) is 76.7 Å². The van der Waals surface area contributed by atoms with E-state index in [0.29, 0.717) is 24.7 Å². The molecule has 3 unspecified atom stereocenters. The van der Waals surface area contributed by atoms with Gasteiger partial charge in [0.05, 0.1) is 13.2 Å². The van der Waals surface area contributed by atoms with E-state index in [1.54, 1.807) is 6.07 Å². The number of halogens is 2. The summed E-state index contributed by atoms with van der Waals surface area (Å²) in [5.41, 5.74) is 0.292. The number of ether oxygens (including phenoxy) is 2. The lowest BCUT2D eigenvalue weighted by atomic mass is 9.71. The quantitative estimate of drug-likeness (QED) is 0.250. The van der Waals surface area contributed by atoms with Crippen LogP contribution in [0.25, 0.3) is 0 Å². The summed E-state index contributed by atoms with van der Waals surface area (Å²) in [4.78, 5) is 0. The second-order valence-corrected chi connectivity index (χ2v) is 11.9. The molecule has 4 heteroatoms. The van der Waals surface area contributed by atoms with Gasteiger partial charge in [0.1, 0.15) is 6.10 Å². The minimum absolute atomic E-state index is 0.00723. The van der Waals surface area contributed by atoms with Crippen molar-refractivity contribution >= 4 is 0 Å². The van der Waals surface area contributed by atoms with Crippen LogP contribution in [-0.2, 0) is 4.74 Å². The second kappa shape index (κ2) is 12.2. The smallest absolute Gasteiger partial charge is 0.200 e. The van der Waals surface area contributed by atoms with Crippen molar-refractivity contribution in [2.75, 3.05) is 13.2 Å². The van der Waals surface area contributed by atoms with Crippen molar-refractivity contribution in [1.29, 1.82) is 0 Å². The summed E-state index contributed by atoms with van der Waals surface area (Å²) in [6.07, 6.45) is 25.5. The standard InChI is InChI=1S/C32H44F2O2/c1-2-3-22-4-6-23(7-5-22)8-9-24-10-14-26(15-11-24)27-16-12-25(13-17-27)20-35-29-19-18-28(30-21-36-30)31(33)32(29)34/h8-9,12,16,18-19,22-27,30H,2-7,10-11,13-15,17,20-21H2,1H3/b9-8+. The molecule has 0 spiro atoms. The van der Waals surface area contributed by atoms with Gasteiger partial charge in [-0.05, 0) is 106 Å². The molecule has 1 aromatic carbocycles. The van der Waals surface area contributed by atoms with Gasteiger partial charge in [-0.15, -0.1) is 0 Å². The van der Waals surface area contributed by atoms with Crippen LogP contribution < -0.4 is 4.74 Å². The highest BCUT2D eigenvalue weighted by Gasteiger charge is 2.31. The van der Waals surface area contributed by atoms with E-state index in [2.05, 4.69) is 31.2 Å². The maximum atomic E-state index is 14.4. The molecule has 2 saturated carbocycles. The molecule has 1 heterocycles. The minimum Gasteiger partial charge on any atom is -0.490 e. The van der Waals surface area contributed by atoms with Gasteiger partial charge in [0.25, 0.3) is 0 Å². The molecule has 3 aliphatic carbocycles. The molecule has 3 atom stereocenters. The van der Waals surface area contributed by atoms with Crippen LogP contribution in [0.4, 0.5) is 8.78 Å². The van der Waals surface area contributed by atoms with Crippen LogP contribution in [0.2, 0.25) is 0 Å². The fourth-order valence-electron chi connectivity index (χ4n) is 6.92. The number of benzene rings is 1. The van der Waals surface area contributed by atoms with Gasteiger partial charge >= 0.3 is 0 Å². The Morgan fingerprint density at radius 1 is 0.861 bits per heavy atom. The molecule has 0 radical (unpaired) electrons. The molecule has 0 bridgehead atoms. The molecule has 1 aromatic rings. The maximum Gasteiger partial charge on any atom is 0.200 e. The molecule has 3 fully saturated rings. The van der Waals surface area contributed by atoms with Crippen molar-refractivity contribution in [3.05, 3.63) is 53.6 Å². The summed E-state index contributed by atoms with van der Waals surface area (Å²) in [5, 5.41) is 0. The normalized spacial score (nSPS) is 34.7.